The summed E-state index contributed by atoms with van der Waals surface area (Å²) in [4.78, 5) is 28.2. The van der Waals surface area contributed by atoms with Crippen molar-refractivity contribution in [2.45, 2.75) is 23.1 Å². The van der Waals surface area contributed by atoms with Gasteiger partial charge in [0.05, 0.1) is 0 Å². The Morgan fingerprint density at radius 2 is 2.35 bits per heavy atom. The normalized spacial score (nSPS) is 28.4. The molecule has 2 aliphatic heterocycles. The number of β-lactam (4-membered cyclic amide) rings is 1. The van der Waals surface area contributed by atoms with Gasteiger partial charge in [-0.25, -0.2) is 4.79 Å². The lowest BCUT2D eigenvalue weighted by atomic mass is 10.0. The van der Waals surface area contributed by atoms with E-state index >= 15 is 0 Å². The maximum absolute atomic E-state index is 11.6. The number of hydrogen-bond acceptors (Lipinski definition) is 5. The van der Waals surface area contributed by atoms with Crippen molar-refractivity contribution < 1.29 is 14.7 Å². The molecular weight excluding hydrogens is 278 g/mol. The van der Waals surface area contributed by atoms with Gasteiger partial charge in [-0.15, -0.1) is 11.8 Å². The van der Waals surface area contributed by atoms with Crippen LogP contribution in [0.4, 0.5) is 0 Å². The molecule has 2 unspecified atom stereocenters. The number of hydrogen-bond donors (Lipinski definition) is 2. The van der Waals surface area contributed by atoms with Gasteiger partial charge in [-0.2, -0.15) is 0 Å². The molecule has 3 heterocycles. The summed E-state index contributed by atoms with van der Waals surface area (Å²) in [7, 11) is 0. The third-order valence-corrected chi connectivity index (χ3v) is 4.82. The smallest absolute Gasteiger partial charge is 0.352 e. The molecule has 0 aliphatic carbocycles. The van der Waals surface area contributed by atoms with Gasteiger partial charge in [0.2, 0.25) is 5.91 Å². The van der Waals surface area contributed by atoms with Gasteiger partial charge in [0.1, 0.15) is 17.1 Å². The number of pyridine rings is 1. The summed E-state index contributed by atoms with van der Waals surface area (Å²) in [5, 5.41) is 8.92. The highest BCUT2D eigenvalue weighted by atomic mass is 32.2. The summed E-state index contributed by atoms with van der Waals surface area (Å²) in [5.74, 6) is -1.41. The number of carbonyl (C=O) groups excluding carboxylic acids is 1. The van der Waals surface area contributed by atoms with E-state index in [1.807, 2.05) is 12.1 Å². The average Bonchev–Trinajstić information content (AvgIpc) is 2.46. The topological polar surface area (TPSA) is 96.5 Å². The number of aromatic nitrogens is 1. The summed E-state index contributed by atoms with van der Waals surface area (Å²) in [6.07, 6.45) is 5.74. The molecule has 104 valence electrons. The first-order chi connectivity index (χ1) is 9.58. The minimum atomic E-state index is -1.09. The Morgan fingerprint density at radius 1 is 1.55 bits per heavy atom. The van der Waals surface area contributed by atoms with E-state index < -0.39 is 12.0 Å². The standard InChI is InChI=1S/C13H13N3O3S/c14-10-11(17)16-9(13(18)19)5-8(20-12(10)16)4-7-2-1-3-15-6-7/h1-3,5-6,8,10,12H,4,14H2,(H,18,19)/t8?,10?,12-/m1/s1. The van der Waals surface area contributed by atoms with Crippen LogP contribution < -0.4 is 5.73 Å². The lowest BCUT2D eigenvalue weighted by Gasteiger charge is -2.48. The Balaban J connectivity index is 1.84. The van der Waals surface area contributed by atoms with Gasteiger partial charge in [-0.05, 0) is 24.1 Å². The molecule has 0 aromatic carbocycles. The number of thioether (sulfide) groups is 1. The minimum absolute atomic E-state index is 0.0225. The van der Waals surface area contributed by atoms with Gasteiger partial charge in [0, 0.05) is 17.6 Å². The molecule has 1 aromatic heterocycles. The van der Waals surface area contributed by atoms with Crippen molar-refractivity contribution in [3.8, 4) is 0 Å². The molecule has 0 saturated carbocycles. The number of rotatable bonds is 3. The Kier molecular flexibility index (Phi) is 3.23. The summed E-state index contributed by atoms with van der Waals surface area (Å²) < 4.78 is 0. The SMILES string of the molecule is NC1C(=O)N2C(C(=O)O)=CC(Cc3cccnc3)S[C@H]12. The maximum Gasteiger partial charge on any atom is 0.352 e. The van der Waals surface area contributed by atoms with Crippen LogP contribution >= 0.6 is 11.8 Å². The zero-order valence-corrected chi connectivity index (χ0v) is 11.3. The third-order valence-electron chi connectivity index (χ3n) is 3.38. The van der Waals surface area contributed by atoms with Crippen LogP contribution in [-0.4, -0.2) is 43.5 Å². The van der Waals surface area contributed by atoms with Crippen molar-refractivity contribution in [2.24, 2.45) is 5.73 Å². The second-order valence-electron chi connectivity index (χ2n) is 4.72. The second-order valence-corrected chi connectivity index (χ2v) is 6.08. The molecule has 1 aromatic rings. The minimum Gasteiger partial charge on any atom is -0.477 e. The molecule has 3 N–H and O–H groups in total. The Bertz CT molecular complexity index is 590. The lowest BCUT2D eigenvalue weighted by molar-refractivity contribution is -0.147. The highest BCUT2D eigenvalue weighted by Gasteiger charge is 2.51. The molecule has 0 radical (unpaired) electrons. The van der Waals surface area contributed by atoms with Gasteiger partial charge >= 0.3 is 5.97 Å². The number of amides is 1. The number of nitrogens with two attached hydrogens (primary N) is 1. The number of nitrogens with zero attached hydrogens (tertiary/aromatic N) is 2. The van der Waals surface area contributed by atoms with Crippen LogP contribution in [0.15, 0.2) is 36.3 Å². The number of aliphatic carboxylic acids is 1. The van der Waals surface area contributed by atoms with Gasteiger partial charge in [0.25, 0.3) is 0 Å². The van der Waals surface area contributed by atoms with Gasteiger partial charge < -0.3 is 10.8 Å². The second kappa shape index (κ2) is 4.92. The first-order valence-corrected chi connectivity index (χ1v) is 7.10. The van der Waals surface area contributed by atoms with Crippen LogP contribution in [0.25, 0.3) is 0 Å². The molecule has 2 aliphatic rings. The Morgan fingerprint density at radius 3 is 3.00 bits per heavy atom. The summed E-state index contributed by atoms with van der Waals surface area (Å²) in [6, 6.07) is 3.18. The van der Waals surface area contributed by atoms with Crippen LogP contribution in [0.1, 0.15) is 5.56 Å². The van der Waals surface area contributed by atoms with Crippen molar-refractivity contribution in [1.82, 2.24) is 9.88 Å². The molecule has 3 rings (SSSR count). The van der Waals surface area contributed by atoms with Crippen LogP contribution in [0.3, 0.4) is 0 Å². The van der Waals surface area contributed by atoms with E-state index in [4.69, 9.17) is 5.73 Å². The Labute approximate surface area is 119 Å². The molecule has 3 atom stereocenters. The molecule has 1 amide bonds. The number of carboxylic acid groups (broad SMARTS) is 1. The first kappa shape index (κ1) is 13.1. The fourth-order valence-electron chi connectivity index (χ4n) is 2.40. The van der Waals surface area contributed by atoms with E-state index in [9.17, 15) is 14.7 Å². The predicted octanol–water partition coefficient (Wildman–Crippen LogP) is 0.204. The van der Waals surface area contributed by atoms with Crippen molar-refractivity contribution in [1.29, 1.82) is 0 Å². The number of carboxylic acids is 1. The number of carbonyl (C=O) groups is 2. The molecule has 1 saturated heterocycles. The summed E-state index contributed by atoms with van der Waals surface area (Å²) in [6.45, 7) is 0. The van der Waals surface area contributed by atoms with Gasteiger partial charge in [-0.1, -0.05) is 6.07 Å². The van der Waals surface area contributed by atoms with Gasteiger partial charge in [-0.3, -0.25) is 14.7 Å². The zero-order valence-electron chi connectivity index (χ0n) is 10.5. The van der Waals surface area contributed by atoms with E-state index in [-0.39, 0.29) is 22.2 Å². The van der Waals surface area contributed by atoms with Crippen LogP contribution in [0, 0.1) is 0 Å². The van der Waals surface area contributed by atoms with Crippen LogP contribution in [0.5, 0.6) is 0 Å². The van der Waals surface area contributed by atoms with Crippen molar-refractivity contribution in [2.75, 3.05) is 0 Å². The summed E-state index contributed by atoms with van der Waals surface area (Å²) >= 11 is 1.52. The van der Waals surface area contributed by atoms with E-state index in [1.165, 1.54) is 16.7 Å². The fourth-order valence-corrected chi connectivity index (χ4v) is 3.87. The van der Waals surface area contributed by atoms with E-state index in [2.05, 4.69) is 4.98 Å². The quantitative estimate of drug-likeness (QED) is 0.772. The molecule has 0 spiro atoms. The first-order valence-electron chi connectivity index (χ1n) is 6.16. The van der Waals surface area contributed by atoms with Crippen molar-refractivity contribution in [3.63, 3.8) is 0 Å². The van der Waals surface area contributed by atoms with Crippen molar-refractivity contribution >= 4 is 23.6 Å². The maximum atomic E-state index is 11.6. The van der Waals surface area contributed by atoms with E-state index in [0.717, 1.165) is 5.56 Å². The molecule has 1 fully saturated rings. The van der Waals surface area contributed by atoms with E-state index in [1.54, 1.807) is 18.5 Å². The summed E-state index contributed by atoms with van der Waals surface area (Å²) in [5.41, 5.74) is 6.81. The van der Waals surface area contributed by atoms with E-state index in [0.29, 0.717) is 6.42 Å². The Hall–Kier alpha value is -1.86. The largest absolute Gasteiger partial charge is 0.477 e. The molecule has 7 heteroatoms. The van der Waals surface area contributed by atoms with Crippen LogP contribution in [-0.2, 0) is 16.0 Å². The highest BCUT2D eigenvalue weighted by Crippen LogP contribution is 2.40. The fraction of sp³-hybridized carbons (Fsp3) is 0.308. The zero-order chi connectivity index (χ0) is 14.3. The number of fused-ring (bicyclic) bond motifs is 1. The molecule has 6 nitrogen and oxygen atoms in total. The average molecular weight is 291 g/mol. The van der Waals surface area contributed by atoms with Crippen molar-refractivity contribution in [3.05, 3.63) is 41.9 Å². The molecular formula is C13H13N3O3S. The lowest BCUT2D eigenvalue weighted by Crippen LogP contribution is -2.68. The highest BCUT2D eigenvalue weighted by molar-refractivity contribution is 8.00. The molecule has 0 bridgehead atoms. The monoisotopic (exact) mass is 291 g/mol. The predicted molar refractivity (Wildman–Crippen MR) is 73.6 cm³/mol. The molecule has 20 heavy (non-hydrogen) atoms. The van der Waals surface area contributed by atoms with Crippen LogP contribution in [0.2, 0.25) is 0 Å². The third kappa shape index (κ3) is 2.08. The van der Waals surface area contributed by atoms with Gasteiger partial charge in [0.15, 0.2) is 0 Å².